The van der Waals surface area contributed by atoms with Crippen molar-refractivity contribution in [2.75, 3.05) is 6.54 Å². The van der Waals surface area contributed by atoms with Gasteiger partial charge in [-0.1, -0.05) is 12.8 Å². The Balaban J connectivity index is 1.54. The van der Waals surface area contributed by atoms with E-state index in [0.29, 0.717) is 0 Å². The van der Waals surface area contributed by atoms with E-state index in [1.54, 1.807) is 5.56 Å². The predicted molar refractivity (Wildman–Crippen MR) is 74.5 cm³/mol. The van der Waals surface area contributed by atoms with Crippen molar-refractivity contribution in [1.82, 2.24) is 5.32 Å². The first-order valence-electron chi connectivity index (χ1n) is 7.16. The molecular formula is C15H23NS. The molecule has 2 aliphatic rings. The van der Waals surface area contributed by atoms with Gasteiger partial charge in [0, 0.05) is 6.04 Å². The van der Waals surface area contributed by atoms with E-state index in [2.05, 4.69) is 22.1 Å². The standard InChI is InChI=1S/C15H23NS/c1-2-4-14(10-16-15-5-6-15)13(3-1)9-12-7-8-17-11-12/h7-8,11,13-16H,1-6,9-10H2. The normalized spacial score (nSPS) is 29.4. The monoisotopic (exact) mass is 249 g/mol. The summed E-state index contributed by atoms with van der Waals surface area (Å²) < 4.78 is 0. The molecule has 0 amide bonds. The SMILES string of the molecule is c1cc(CC2CCCCC2CNC2CC2)cs1. The van der Waals surface area contributed by atoms with Crippen molar-refractivity contribution in [3.8, 4) is 0 Å². The molecule has 0 bridgehead atoms. The van der Waals surface area contributed by atoms with Crippen LogP contribution in [0, 0.1) is 11.8 Å². The average Bonchev–Trinajstić information content (AvgIpc) is 3.05. The molecule has 2 atom stereocenters. The lowest BCUT2D eigenvalue weighted by Crippen LogP contribution is -2.32. The van der Waals surface area contributed by atoms with Crippen molar-refractivity contribution in [3.63, 3.8) is 0 Å². The molecule has 2 fully saturated rings. The molecule has 2 saturated carbocycles. The maximum Gasteiger partial charge on any atom is 0.00683 e. The van der Waals surface area contributed by atoms with Gasteiger partial charge in [0.15, 0.2) is 0 Å². The fourth-order valence-corrected chi connectivity index (χ4v) is 3.82. The van der Waals surface area contributed by atoms with Gasteiger partial charge < -0.3 is 5.32 Å². The lowest BCUT2D eigenvalue weighted by Gasteiger charge is -2.31. The predicted octanol–water partition coefficient (Wildman–Crippen LogP) is 3.85. The summed E-state index contributed by atoms with van der Waals surface area (Å²) in [5, 5.41) is 8.29. The van der Waals surface area contributed by atoms with E-state index >= 15 is 0 Å². The maximum atomic E-state index is 3.74. The topological polar surface area (TPSA) is 12.0 Å². The van der Waals surface area contributed by atoms with Gasteiger partial charge in [-0.3, -0.25) is 0 Å². The zero-order valence-corrected chi connectivity index (χ0v) is 11.3. The quantitative estimate of drug-likeness (QED) is 0.836. The fourth-order valence-electron chi connectivity index (χ4n) is 3.14. The van der Waals surface area contributed by atoms with Crippen LogP contribution >= 0.6 is 11.3 Å². The second-order valence-corrected chi connectivity index (χ2v) is 6.60. The van der Waals surface area contributed by atoms with E-state index in [1.165, 1.54) is 51.5 Å². The molecule has 1 nitrogen and oxygen atoms in total. The minimum absolute atomic E-state index is 0.874. The first-order chi connectivity index (χ1) is 8.42. The number of rotatable bonds is 5. The minimum Gasteiger partial charge on any atom is -0.314 e. The van der Waals surface area contributed by atoms with Gasteiger partial charge in [0.2, 0.25) is 0 Å². The molecule has 0 spiro atoms. The molecule has 94 valence electrons. The molecule has 0 aromatic carbocycles. The van der Waals surface area contributed by atoms with Crippen LogP contribution in [0.4, 0.5) is 0 Å². The van der Waals surface area contributed by atoms with Crippen molar-refractivity contribution in [2.45, 2.75) is 51.0 Å². The van der Waals surface area contributed by atoms with Crippen LogP contribution in [0.15, 0.2) is 16.8 Å². The first kappa shape index (κ1) is 11.7. The van der Waals surface area contributed by atoms with Gasteiger partial charge in [-0.05, 0) is 72.9 Å². The number of thiophene rings is 1. The van der Waals surface area contributed by atoms with Crippen molar-refractivity contribution in [2.24, 2.45) is 11.8 Å². The van der Waals surface area contributed by atoms with Gasteiger partial charge in [0.25, 0.3) is 0 Å². The zero-order valence-electron chi connectivity index (χ0n) is 10.5. The second kappa shape index (κ2) is 5.53. The van der Waals surface area contributed by atoms with Crippen LogP contribution in [0.2, 0.25) is 0 Å². The van der Waals surface area contributed by atoms with Crippen LogP contribution < -0.4 is 5.32 Å². The number of hydrogen-bond donors (Lipinski definition) is 1. The average molecular weight is 249 g/mol. The van der Waals surface area contributed by atoms with Gasteiger partial charge in [-0.25, -0.2) is 0 Å². The fraction of sp³-hybridized carbons (Fsp3) is 0.733. The Hall–Kier alpha value is -0.340. The Kier molecular flexibility index (Phi) is 3.82. The van der Waals surface area contributed by atoms with Crippen LogP contribution in [0.25, 0.3) is 0 Å². The van der Waals surface area contributed by atoms with Gasteiger partial charge in [-0.15, -0.1) is 0 Å². The minimum atomic E-state index is 0.874. The van der Waals surface area contributed by atoms with E-state index in [0.717, 1.165) is 17.9 Å². The van der Waals surface area contributed by atoms with Crippen molar-refractivity contribution >= 4 is 11.3 Å². The lowest BCUT2D eigenvalue weighted by molar-refractivity contribution is 0.228. The van der Waals surface area contributed by atoms with Crippen molar-refractivity contribution in [1.29, 1.82) is 0 Å². The highest BCUT2D eigenvalue weighted by Crippen LogP contribution is 2.33. The zero-order chi connectivity index (χ0) is 11.5. The molecule has 3 rings (SSSR count). The molecular weight excluding hydrogens is 226 g/mol. The summed E-state index contributed by atoms with van der Waals surface area (Å²) in [4.78, 5) is 0. The van der Waals surface area contributed by atoms with Crippen molar-refractivity contribution in [3.05, 3.63) is 22.4 Å². The van der Waals surface area contributed by atoms with Crippen LogP contribution in [0.1, 0.15) is 44.1 Å². The highest BCUT2D eigenvalue weighted by atomic mass is 32.1. The summed E-state index contributed by atoms with van der Waals surface area (Å²) in [6.07, 6.45) is 9.97. The van der Waals surface area contributed by atoms with Crippen LogP contribution in [-0.2, 0) is 6.42 Å². The summed E-state index contributed by atoms with van der Waals surface area (Å²) in [7, 11) is 0. The third-order valence-electron chi connectivity index (χ3n) is 4.39. The Bertz CT molecular complexity index is 329. The largest absolute Gasteiger partial charge is 0.314 e. The molecule has 1 aromatic rings. The number of nitrogens with one attached hydrogen (secondary N) is 1. The third kappa shape index (κ3) is 3.32. The molecule has 17 heavy (non-hydrogen) atoms. The molecule has 1 heterocycles. The van der Waals surface area contributed by atoms with Gasteiger partial charge in [0.1, 0.15) is 0 Å². The van der Waals surface area contributed by atoms with Gasteiger partial charge >= 0.3 is 0 Å². The summed E-state index contributed by atoms with van der Waals surface area (Å²) >= 11 is 1.84. The van der Waals surface area contributed by atoms with E-state index in [4.69, 9.17) is 0 Å². The van der Waals surface area contributed by atoms with E-state index in [-0.39, 0.29) is 0 Å². The molecule has 1 N–H and O–H groups in total. The van der Waals surface area contributed by atoms with Crippen molar-refractivity contribution < 1.29 is 0 Å². The first-order valence-corrected chi connectivity index (χ1v) is 8.10. The highest BCUT2D eigenvalue weighted by molar-refractivity contribution is 7.07. The molecule has 0 saturated heterocycles. The third-order valence-corrected chi connectivity index (χ3v) is 5.12. The second-order valence-electron chi connectivity index (χ2n) is 5.82. The Labute approximate surface area is 109 Å². The summed E-state index contributed by atoms with van der Waals surface area (Å²) in [5.74, 6) is 1.87. The smallest absolute Gasteiger partial charge is 0.00683 e. The van der Waals surface area contributed by atoms with E-state index < -0.39 is 0 Å². The lowest BCUT2D eigenvalue weighted by atomic mass is 9.76. The highest BCUT2D eigenvalue weighted by Gasteiger charge is 2.28. The number of hydrogen-bond acceptors (Lipinski definition) is 2. The molecule has 1 aromatic heterocycles. The molecule has 2 aliphatic carbocycles. The summed E-state index contributed by atoms with van der Waals surface area (Å²) in [6.45, 7) is 1.28. The van der Waals surface area contributed by atoms with Crippen LogP contribution in [-0.4, -0.2) is 12.6 Å². The molecule has 0 aliphatic heterocycles. The Morgan fingerprint density at radius 3 is 2.65 bits per heavy atom. The van der Waals surface area contributed by atoms with Crippen LogP contribution in [0.5, 0.6) is 0 Å². The summed E-state index contributed by atoms with van der Waals surface area (Å²) in [6, 6.07) is 3.18. The molecule has 2 unspecified atom stereocenters. The van der Waals surface area contributed by atoms with Gasteiger partial charge in [0.05, 0.1) is 0 Å². The maximum absolute atomic E-state index is 3.74. The Morgan fingerprint density at radius 2 is 1.94 bits per heavy atom. The molecule has 0 radical (unpaired) electrons. The molecule has 2 heteroatoms. The Morgan fingerprint density at radius 1 is 1.12 bits per heavy atom. The summed E-state index contributed by atoms with van der Waals surface area (Å²) in [5.41, 5.74) is 1.57. The van der Waals surface area contributed by atoms with Crippen LogP contribution in [0.3, 0.4) is 0 Å². The van der Waals surface area contributed by atoms with Gasteiger partial charge in [-0.2, -0.15) is 11.3 Å². The van der Waals surface area contributed by atoms with E-state index in [1.807, 2.05) is 11.3 Å². The van der Waals surface area contributed by atoms with E-state index in [9.17, 15) is 0 Å².